The molecule has 8 nitrogen and oxygen atoms in total. The van der Waals surface area contributed by atoms with Gasteiger partial charge < -0.3 is 20.9 Å². The zero-order valence-corrected chi connectivity index (χ0v) is 21.9. The number of aliphatic imine (C=N–C) groups is 1. The number of piperidine rings is 1. The number of benzene rings is 1. The summed E-state index contributed by atoms with van der Waals surface area (Å²) in [7, 11) is 1.76. The van der Waals surface area contributed by atoms with Crippen LogP contribution in [-0.2, 0) is 4.79 Å². The summed E-state index contributed by atoms with van der Waals surface area (Å²) in [6.07, 6.45) is 3.48. The predicted octanol–water partition coefficient (Wildman–Crippen LogP) is 2.86. The number of amides is 3. The molecule has 0 bridgehead atoms. The zero-order chi connectivity index (χ0) is 22.4. The summed E-state index contributed by atoms with van der Waals surface area (Å²) < 4.78 is 0. The standard InChI is InChI=1S/C23H36N6O2.HI/c1-5-23(3)20(30)29(22(31)27-23)15-7-13-25-21(24-4)26-18-8-6-14-28(16-18)19-11-9-17(2)10-12-19;/h9-12,18H,5-8,13-16H2,1-4H3,(H,27,31)(H2,24,25,26);1H. The predicted molar refractivity (Wildman–Crippen MR) is 140 cm³/mol. The molecule has 2 fully saturated rings. The van der Waals surface area contributed by atoms with Crippen LogP contribution in [0, 0.1) is 6.92 Å². The number of hydrogen-bond acceptors (Lipinski definition) is 4. The van der Waals surface area contributed by atoms with E-state index in [1.54, 1.807) is 14.0 Å². The first kappa shape index (κ1) is 26.2. The van der Waals surface area contributed by atoms with Crippen LogP contribution in [0.2, 0.25) is 0 Å². The van der Waals surface area contributed by atoms with E-state index in [9.17, 15) is 9.59 Å². The van der Waals surface area contributed by atoms with Gasteiger partial charge in [0.05, 0.1) is 0 Å². The van der Waals surface area contributed by atoms with Gasteiger partial charge in [0, 0.05) is 45.0 Å². The molecule has 178 valence electrons. The van der Waals surface area contributed by atoms with Crippen LogP contribution in [0.25, 0.3) is 0 Å². The lowest BCUT2D eigenvalue weighted by Crippen LogP contribution is -2.51. The highest BCUT2D eigenvalue weighted by molar-refractivity contribution is 14.0. The molecular formula is C23H37IN6O2. The van der Waals surface area contributed by atoms with E-state index < -0.39 is 5.54 Å². The Balaban J connectivity index is 0.00000363. The second-order valence-electron chi connectivity index (χ2n) is 8.69. The van der Waals surface area contributed by atoms with Crippen molar-refractivity contribution >= 4 is 47.6 Å². The van der Waals surface area contributed by atoms with Gasteiger partial charge in [-0.25, -0.2) is 4.79 Å². The quantitative estimate of drug-likeness (QED) is 0.158. The van der Waals surface area contributed by atoms with Crippen molar-refractivity contribution < 1.29 is 9.59 Å². The monoisotopic (exact) mass is 556 g/mol. The lowest BCUT2D eigenvalue weighted by atomic mass is 9.99. The number of urea groups is 1. The fourth-order valence-corrected chi connectivity index (χ4v) is 4.11. The number of halogens is 1. The number of rotatable bonds is 7. The molecule has 1 aromatic rings. The van der Waals surface area contributed by atoms with Gasteiger partial charge in [-0.05, 0) is 51.7 Å². The van der Waals surface area contributed by atoms with Crippen molar-refractivity contribution in [2.24, 2.45) is 4.99 Å². The van der Waals surface area contributed by atoms with Gasteiger partial charge in [0.2, 0.25) is 0 Å². The molecule has 3 N–H and O–H groups in total. The van der Waals surface area contributed by atoms with E-state index in [1.165, 1.54) is 16.2 Å². The molecule has 0 spiro atoms. The van der Waals surface area contributed by atoms with Crippen molar-refractivity contribution in [2.45, 2.75) is 58.0 Å². The number of carbonyl (C=O) groups excluding carboxylic acids is 2. The number of carbonyl (C=O) groups is 2. The van der Waals surface area contributed by atoms with Crippen LogP contribution < -0.4 is 20.9 Å². The van der Waals surface area contributed by atoms with E-state index in [0.29, 0.717) is 32.0 Å². The molecule has 2 aliphatic rings. The highest BCUT2D eigenvalue weighted by Crippen LogP contribution is 2.21. The largest absolute Gasteiger partial charge is 0.369 e. The Labute approximate surface area is 208 Å². The number of anilines is 1. The Hall–Kier alpha value is -2.04. The minimum Gasteiger partial charge on any atom is -0.369 e. The number of guanidine groups is 1. The Bertz CT molecular complexity index is 815. The maximum Gasteiger partial charge on any atom is 0.325 e. The van der Waals surface area contributed by atoms with E-state index in [-0.39, 0.29) is 35.9 Å². The molecule has 0 aliphatic carbocycles. The van der Waals surface area contributed by atoms with Gasteiger partial charge in [-0.2, -0.15) is 0 Å². The number of imide groups is 1. The van der Waals surface area contributed by atoms with Gasteiger partial charge in [-0.15, -0.1) is 24.0 Å². The fourth-order valence-electron chi connectivity index (χ4n) is 4.11. The third-order valence-electron chi connectivity index (χ3n) is 6.29. The molecular weight excluding hydrogens is 519 g/mol. The van der Waals surface area contributed by atoms with Crippen LogP contribution in [-0.4, -0.2) is 67.6 Å². The minimum absolute atomic E-state index is 0. The number of hydrogen-bond donors (Lipinski definition) is 3. The number of nitrogens with one attached hydrogen (secondary N) is 3. The zero-order valence-electron chi connectivity index (χ0n) is 19.6. The van der Waals surface area contributed by atoms with Gasteiger partial charge in [0.25, 0.3) is 5.91 Å². The highest BCUT2D eigenvalue weighted by atomic mass is 127. The van der Waals surface area contributed by atoms with Crippen molar-refractivity contribution in [1.29, 1.82) is 0 Å². The van der Waals surface area contributed by atoms with Crippen LogP contribution in [0.3, 0.4) is 0 Å². The summed E-state index contributed by atoms with van der Waals surface area (Å²) in [5, 5.41) is 9.63. The molecule has 0 saturated carbocycles. The summed E-state index contributed by atoms with van der Waals surface area (Å²) in [4.78, 5) is 32.6. The maximum absolute atomic E-state index is 12.5. The third-order valence-corrected chi connectivity index (χ3v) is 6.29. The Kier molecular flexibility index (Phi) is 9.60. The number of aryl methyl sites for hydroxylation is 1. The SMILES string of the molecule is CCC1(C)NC(=O)N(CCCNC(=NC)NC2CCCN(c3ccc(C)cc3)C2)C1=O.I. The second kappa shape index (κ2) is 11.7. The molecule has 0 aromatic heterocycles. The van der Waals surface area contributed by atoms with Crippen LogP contribution in [0.5, 0.6) is 0 Å². The molecule has 2 aliphatic heterocycles. The summed E-state index contributed by atoms with van der Waals surface area (Å²) in [6, 6.07) is 8.70. The van der Waals surface area contributed by atoms with Crippen LogP contribution in [0.4, 0.5) is 10.5 Å². The van der Waals surface area contributed by atoms with Gasteiger partial charge in [0.15, 0.2) is 5.96 Å². The summed E-state index contributed by atoms with van der Waals surface area (Å²) in [5.41, 5.74) is 1.76. The summed E-state index contributed by atoms with van der Waals surface area (Å²) >= 11 is 0. The van der Waals surface area contributed by atoms with Gasteiger partial charge in [0.1, 0.15) is 5.54 Å². The molecule has 2 saturated heterocycles. The normalized spacial score (nSPS) is 23.6. The number of nitrogens with zero attached hydrogens (tertiary/aromatic N) is 3. The second-order valence-corrected chi connectivity index (χ2v) is 8.69. The summed E-state index contributed by atoms with van der Waals surface area (Å²) in [5.74, 6) is 0.618. The van der Waals surface area contributed by atoms with E-state index >= 15 is 0 Å². The van der Waals surface area contributed by atoms with Gasteiger partial charge in [-0.3, -0.25) is 14.7 Å². The van der Waals surface area contributed by atoms with Gasteiger partial charge >= 0.3 is 6.03 Å². The maximum atomic E-state index is 12.5. The molecule has 32 heavy (non-hydrogen) atoms. The first-order valence-corrected chi connectivity index (χ1v) is 11.3. The lowest BCUT2D eigenvalue weighted by molar-refractivity contribution is -0.130. The topological polar surface area (TPSA) is 89.1 Å². The van der Waals surface area contributed by atoms with E-state index in [0.717, 1.165) is 31.9 Å². The summed E-state index contributed by atoms with van der Waals surface area (Å²) in [6.45, 7) is 8.82. The Morgan fingerprint density at radius 1 is 1.28 bits per heavy atom. The fraction of sp³-hybridized carbons (Fsp3) is 0.609. The molecule has 9 heteroatoms. The van der Waals surface area contributed by atoms with Crippen LogP contribution >= 0.6 is 24.0 Å². The van der Waals surface area contributed by atoms with Gasteiger partial charge in [-0.1, -0.05) is 24.6 Å². The van der Waals surface area contributed by atoms with Crippen LogP contribution in [0.15, 0.2) is 29.3 Å². The van der Waals surface area contributed by atoms with Crippen molar-refractivity contribution in [1.82, 2.24) is 20.9 Å². The third kappa shape index (κ3) is 6.26. The Morgan fingerprint density at radius 3 is 2.62 bits per heavy atom. The first-order valence-electron chi connectivity index (χ1n) is 11.3. The molecule has 0 radical (unpaired) electrons. The van der Waals surface area contributed by atoms with E-state index in [1.807, 2.05) is 6.92 Å². The molecule has 2 atom stereocenters. The molecule has 1 aromatic carbocycles. The van der Waals surface area contributed by atoms with Crippen molar-refractivity contribution in [3.63, 3.8) is 0 Å². The lowest BCUT2D eigenvalue weighted by Gasteiger charge is -2.35. The minimum atomic E-state index is -0.771. The average Bonchev–Trinajstić information content (AvgIpc) is 2.99. The molecule has 3 amide bonds. The van der Waals surface area contributed by atoms with Crippen molar-refractivity contribution in [2.75, 3.05) is 38.1 Å². The van der Waals surface area contributed by atoms with Crippen molar-refractivity contribution in [3.8, 4) is 0 Å². The van der Waals surface area contributed by atoms with E-state index in [4.69, 9.17) is 0 Å². The smallest absolute Gasteiger partial charge is 0.325 e. The van der Waals surface area contributed by atoms with Crippen molar-refractivity contribution in [3.05, 3.63) is 29.8 Å². The Morgan fingerprint density at radius 2 is 2.00 bits per heavy atom. The first-order chi connectivity index (χ1) is 14.9. The van der Waals surface area contributed by atoms with Crippen LogP contribution in [0.1, 0.15) is 45.1 Å². The molecule has 2 heterocycles. The molecule has 3 rings (SSSR count). The molecule has 2 unspecified atom stereocenters. The van der Waals surface area contributed by atoms with E-state index in [2.05, 4.69) is 57.0 Å². The average molecular weight is 556 g/mol. The highest BCUT2D eigenvalue weighted by Gasteiger charge is 2.45.